The Morgan fingerprint density at radius 3 is 2.20 bits per heavy atom. The van der Waals surface area contributed by atoms with E-state index in [1.165, 1.54) is 18.4 Å². The molecule has 1 N–H and O–H groups in total. The van der Waals surface area contributed by atoms with E-state index >= 15 is 0 Å². The van der Waals surface area contributed by atoms with E-state index < -0.39 is 6.10 Å². The highest BCUT2D eigenvalue weighted by Gasteiger charge is 2.21. The van der Waals surface area contributed by atoms with Crippen LogP contribution >= 0.6 is 0 Å². The van der Waals surface area contributed by atoms with Crippen LogP contribution in [0.2, 0.25) is 0 Å². The second kappa shape index (κ2) is 6.73. The summed E-state index contributed by atoms with van der Waals surface area (Å²) < 4.78 is 5.94. The van der Waals surface area contributed by atoms with Gasteiger partial charge in [-0.1, -0.05) is 24.6 Å². The van der Waals surface area contributed by atoms with Crippen molar-refractivity contribution in [2.45, 2.75) is 65.6 Å². The van der Waals surface area contributed by atoms with Crippen LogP contribution < -0.4 is 0 Å². The van der Waals surface area contributed by atoms with Crippen molar-refractivity contribution in [2.75, 3.05) is 6.61 Å². The summed E-state index contributed by atoms with van der Waals surface area (Å²) in [7, 11) is 0. The lowest BCUT2D eigenvalue weighted by atomic mass is 9.89. The van der Waals surface area contributed by atoms with E-state index in [-0.39, 0.29) is 0 Å². The van der Waals surface area contributed by atoms with Crippen LogP contribution in [0.15, 0.2) is 12.1 Å². The van der Waals surface area contributed by atoms with Crippen LogP contribution in [0.3, 0.4) is 0 Å². The summed E-state index contributed by atoms with van der Waals surface area (Å²) in [5.74, 6) is 0.835. The Kier molecular flexibility index (Phi) is 5.22. The van der Waals surface area contributed by atoms with Crippen molar-refractivity contribution in [1.82, 2.24) is 0 Å². The van der Waals surface area contributed by atoms with Gasteiger partial charge in [-0.3, -0.25) is 0 Å². The molecule has 0 heterocycles. The monoisotopic (exact) mass is 276 g/mol. The Bertz CT molecular complexity index is 422. The fraction of sp³-hybridized carbons (Fsp3) is 0.667. The molecule has 1 atom stereocenters. The first-order valence-electron chi connectivity index (χ1n) is 7.84. The summed E-state index contributed by atoms with van der Waals surface area (Å²) in [6, 6.07) is 4.27. The van der Waals surface area contributed by atoms with E-state index in [1.54, 1.807) is 0 Å². The Hall–Kier alpha value is -0.860. The summed E-state index contributed by atoms with van der Waals surface area (Å²) in [6.45, 7) is 8.96. The SMILES string of the molecule is Cc1cc(C)c(C(O)COC2CCC(C)CC2)c(C)c1. The molecule has 1 aromatic carbocycles. The van der Waals surface area contributed by atoms with Gasteiger partial charge in [-0.05, 0) is 69.1 Å². The number of hydrogen-bond donors (Lipinski definition) is 1. The van der Waals surface area contributed by atoms with Gasteiger partial charge in [0.1, 0.15) is 6.10 Å². The van der Waals surface area contributed by atoms with Crippen molar-refractivity contribution in [2.24, 2.45) is 5.92 Å². The van der Waals surface area contributed by atoms with E-state index in [0.29, 0.717) is 12.7 Å². The standard InChI is InChI=1S/C18H28O2/c1-12-5-7-16(8-6-12)20-11-17(19)18-14(3)9-13(2)10-15(18)4/h9-10,12,16-17,19H,5-8,11H2,1-4H3. The minimum absolute atomic E-state index is 0.340. The molecule has 0 spiro atoms. The lowest BCUT2D eigenvalue weighted by Crippen LogP contribution is -2.23. The first-order valence-corrected chi connectivity index (χ1v) is 7.84. The molecule has 0 radical (unpaired) electrons. The minimum atomic E-state index is -0.505. The second-order valence-electron chi connectivity index (χ2n) is 6.54. The molecule has 0 amide bonds. The van der Waals surface area contributed by atoms with E-state index in [0.717, 1.165) is 35.4 Å². The Morgan fingerprint density at radius 1 is 1.10 bits per heavy atom. The van der Waals surface area contributed by atoms with Crippen LogP contribution in [0.5, 0.6) is 0 Å². The van der Waals surface area contributed by atoms with Crippen molar-refractivity contribution < 1.29 is 9.84 Å². The molecule has 2 rings (SSSR count). The van der Waals surface area contributed by atoms with Crippen LogP contribution in [-0.2, 0) is 4.74 Å². The molecule has 1 fully saturated rings. The third kappa shape index (κ3) is 3.83. The van der Waals surface area contributed by atoms with Crippen LogP contribution in [-0.4, -0.2) is 17.8 Å². The van der Waals surface area contributed by atoms with Gasteiger partial charge < -0.3 is 9.84 Å². The first kappa shape index (κ1) is 15.5. The molecule has 1 saturated carbocycles. The lowest BCUT2D eigenvalue weighted by Gasteiger charge is -2.27. The predicted octanol–water partition coefficient (Wildman–Crippen LogP) is 4.24. The summed E-state index contributed by atoms with van der Waals surface area (Å²) in [6.07, 6.45) is 4.62. The molecule has 20 heavy (non-hydrogen) atoms. The van der Waals surface area contributed by atoms with E-state index in [9.17, 15) is 5.11 Å². The first-order chi connectivity index (χ1) is 9.47. The van der Waals surface area contributed by atoms with Gasteiger partial charge in [0.05, 0.1) is 12.7 Å². The molecule has 1 aromatic rings. The highest BCUT2D eigenvalue weighted by Crippen LogP contribution is 2.28. The quantitative estimate of drug-likeness (QED) is 0.891. The Morgan fingerprint density at radius 2 is 1.65 bits per heavy atom. The third-order valence-electron chi connectivity index (χ3n) is 4.52. The van der Waals surface area contributed by atoms with Gasteiger partial charge in [-0.15, -0.1) is 0 Å². The molecule has 0 saturated heterocycles. The molecule has 112 valence electrons. The molecule has 1 aliphatic rings. The summed E-state index contributed by atoms with van der Waals surface area (Å²) in [4.78, 5) is 0. The zero-order valence-electron chi connectivity index (χ0n) is 13.3. The van der Waals surface area contributed by atoms with Crippen LogP contribution in [0.25, 0.3) is 0 Å². The average molecular weight is 276 g/mol. The maximum absolute atomic E-state index is 10.4. The molecular weight excluding hydrogens is 248 g/mol. The van der Waals surface area contributed by atoms with Crippen molar-refractivity contribution in [1.29, 1.82) is 0 Å². The van der Waals surface area contributed by atoms with Gasteiger partial charge in [-0.2, -0.15) is 0 Å². The molecule has 2 heteroatoms. The molecule has 1 aliphatic carbocycles. The number of rotatable bonds is 4. The van der Waals surface area contributed by atoms with Gasteiger partial charge >= 0.3 is 0 Å². The number of aliphatic hydroxyl groups is 1. The molecule has 1 unspecified atom stereocenters. The summed E-state index contributed by atoms with van der Waals surface area (Å²) in [5.41, 5.74) is 4.62. The molecule has 2 nitrogen and oxygen atoms in total. The minimum Gasteiger partial charge on any atom is -0.386 e. The van der Waals surface area contributed by atoms with E-state index in [4.69, 9.17) is 4.74 Å². The summed E-state index contributed by atoms with van der Waals surface area (Å²) in [5, 5.41) is 10.4. The number of aryl methyl sites for hydroxylation is 3. The molecular formula is C18H28O2. The lowest BCUT2D eigenvalue weighted by molar-refractivity contribution is -0.0297. The van der Waals surface area contributed by atoms with E-state index in [1.807, 2.05) is 0 Å². The Balaban J connectivity index is 1.93. The van der Waals surface area contributed by atoms with Crippen molar-refractivity contribution in [3.05, 3.63) is 34.4 Å². The maximum atomic E-state index is 10.4. The van der Waals surface area contributed by atoms with Gasteiger partial charge in [0.25, 0.3) is 0 Å². The zero-order chi connectivity index (χ0) is 14.7. The number of aliphatic hydroxyl groups excluding tert-OH is 1. The van der Waals surface area contributed by atoms with E-state index in [2.05, 4.69) is 39.8 Å². The number of ether oxygens (including phenoxy) is 1. The molecule has 0 aromatic heterocycles. The topological polar surface area (TPSA) is 29.5 Å². The van der Waals surface area contributed by atoms with Gasteiger partial charge in [-0.25, -0.2) is 0 Å². The highest BCUT2D eigenvalue weighted by atomic mass is 16.5. The highest BCUT2D eigenvalue weighted by molar-refractivity contribution is 5.38. The smallest absolute Gasteiger partial charge is 0.103 e. The van der Waals surface area contributed by atoms with Gasteiger partial charge in [0, 0.05) is 0 Å². The third-order valence-corrected chi connectivity index (χ3v) is 4.52. The fourth-order valence-electron chi connectivity index (χ4n) is 3.42. The van der Waals surface area contributed by atoms with Crippen LogP contribution in [0, 0.1) is 26.7 Å². The van der Waals surface area contributed by atoms with Crippen molar-refractivity contribution in [3.63, 3.8) is 0 Å². The normalized spacial score (nSPS) is 24.6. The van der Waals surface area contributed by atoms with Crippen LogP contribution in [0.4, 0.5) is 0 Å². The predicted molar refractivity (Wildman–Crippen MR) is 83.0 cm³/mol. The summed E-state index contributed by atoms with van der Waals surface area (Å²) >= 11 is 0. The molecule has 0 bridgehead atoms. The number of hydrogen-bond acceptors (Lipinski definition) is 2. The van der Waals surface area contributed by atoms with Crippen molar-refractivity contribution in [3.8, 4) is 0 Å². The molecule has 0 aliphatic heterocycles. The largest absolute Gasteiger partial charge is 0.386 e. The number of benzene rings is 1. The fourth-order valence-corrected chi connectivity index (χ4v) is 3.42. The maximum Gasteiger partial charge on any atom is 0.103 e. The van der Waals surface area contributed by atoms with Crippen LogP contribution in [0.1, 0.15) is 61.0 Å². The zero-order valence-corrected chi connectivity index (χ0v) is 13.3. The van der Waals surface area contributed by atoms with Gasteiger partial charge in [0.15, 0.2) is 0 Å². The Labute approximate surface area is 123 Å². The second-order valence-corrected chi connectivity index (χ2v) is 6.54. The van der Waals surface area contributed by atoms with Crippen molar-refractivity contribution >= 4 is 0 Å². The average Bonchev–Trinajstić information content (AvgIpc) is 2.37. The van der Waals surface area contributed by atoms with Gasteiger partial charge in [0.2, 0.25) is 0 Å².